The van der Waals surface area contributed by atoms with E-state index in [9.17, 15) is 9.59 Å². The molecular formula is C18H21N5O4S. The Kier molecular flexibility index (Phi) is 6.66. The number of nitrogens with one attached hydrogen (secondary N) is 1. The molecule has 0 unspecified atom stereocenters. The molecule has 148 valence electrons. The van der Waals surface area contributed by atoms with Gasteiger partial charge in [-0.2, -0.15) is 0 Å². The predicted molar refractivity (Wildman–Crippen MR) is 105 cm³/mol. The van der Waals surface area contributed by atoms with Crippen molar-refractivity contribution in [2.24, 2.45) is 0 Å². The van der Waals surface area contributed by atoms with E-state index in [0.29, 0.717) is 5.88 Å². The van der Waals surface area contributed by atoms with Gasteiger partial charge in [-0.05, 0) is 30.1 Å². The lowest BCUT2D eigenvalue weighted by Gasteiger charge is -2.35. The van der Waals surface area contributed by atoms with E-state index in [-0.39, 0.29) is 5.69 Å². The Bertz CT molecular complexity index is 808. The summed E-state index contributed by atoms with van der Waals surface area (Å²) < 4.78 is 7.33. The number of anilines is 1. The molecule has 2 N–H and O–H groups in total. The number of aliphatic carboxylic acids is 1. The summed E-state index contributed by atoms with van der Waals surface area (Å²) in [6, 6.07) is 7.27. The van der Waals surface area contributed by atoms with Crippen LogP contribution < -0.4 is 15.0 Å². The fraction of sp³-hybridized carbons (Fsp3) is 0.333. The maximum Gasteiger partial charge on any atom is 0.322 e. The van der Waals surface area contributed by atoms with E-state index in [1.807, 2.05) is 24.4 Å². The van der Waals surface area contributed by atoms with Crippen molar-refractivity contribution in [1.29, 1.82) is 0 Å². The average Bonchev–Trinajstić information content (AvgIpc) is 2.73. The second kappa shape index (κ2) is 9.38. The zero-order valence-corrected chi connectivity index (χ0v) is 16.2. The van der Waals surface area contributed by atoms with Crippen LogP contribution >= 0.6 is 11.9 Å². The van der Waals surface area contributed by atoms with Crippen molar-refractivity contribution >= 4 is 29.5 Å². The number of carboxylic acids is 1. The first-order valence-corrected chi connectivity index (χ1v) is 9.46. The second-order valence-corrected chi connectivity index (χ2v) is 7.19. The number of carboxylic acid groups (broad SMARTS) is 1. The monoisotopic (exact) mass is 403 g/mol. The van der Waals surface area contributed by atoms with Gasteiger partial charge in [0.15, 0.2) is 0 Å². The van der Waals surface area contributed by atoms with Crippen LogP contribution in [0.2, 0.25) is 0 Å². The number of carbonyl (C=O) groups excluding carboxylic acids is 1. The van der Waals surface area contributed by atoms with Crippen molar-refractivity contribution in [3.8, 4) is 5.88 Å². The first-order chi connectivity index (χ1) is 13.5. The van der Waals surface area contributed by atoms with E-state index in [2.05, 4.69) is 24.5 Å². The average molecular weight is 403 g/mol. The zero-order chi connectivity index (χ0) is 19.9. The number of nitrogens with zero attached hydrogens (tertiary/aromatic N) is 4. The molecule has 9 nitrogen and oxygen atoms in total. The Morgan fingerprint density at radius 3 is 2.50 bits per heavy atom. The van der Waals surface area contributed by atoms with Crippen LogP contribution in [0.25, 0.3) is 0 Å². The summed E-state index contributed by atoms with van der Waals surface area (Å²) >= 11 is 1.59. The summed E-state index contributed by atoms with van der Waals surface area (Å²) in [7, 11) is 1.60. The molecule has 2 aromatic heterocycles. The number of ether oxygens (including phenoxy) is 1. The van der Waals surface area contributed by atoms with Gasteiger partial charge in [-0.25, -0.2) is 14.3 Å². The summed E-state index contributed by atoms with van der Waals surface area (Å²) in [5, 5.41) is 10.9. The van der Waals surface area contributed by atoms with Gasteiger partial charge in [0.25, 0.3) is 5.91 Å². The van der Waals surface area contributed by atoms with Crippen molar-refractivity contribution in [3.63, 3.8) is 0 Å². The van der Waals surface area contributed by atoms with Crippen LogP contribution in [0.1, 0.15) is 10.5 Å². The predicted octanol–water partition coefficient (Wildman–Crippen LogP) is 1.13. The Labute approximate surface area is 166 Å². The molecule has 0 radical (unpaired) electrons. The largest absolute Gasteiger partial charge is 0.481 e. The topological polar surface area (TPSA) is 108 Å². The van der Waals surface area contributed by atoms with Crippen LogP contribution in [-0.4, -0.2) is 71.1 Å². The smallest absolute Gasteiger partial charge is 0.322 e. The number of hydrogen-bond donors (Lipinski definition) is 2. The second-order valence-electron chi connectivity index (χ2n) is 6.02. The molecular weight excluding hydrogens is 382 g/mol. The summed E-state index contributed by atoms with van der Waals surface area (Å²) in [5.41, 5.74) is 1.27. The number of rotatable bonds is 7. The molecule has 0 atom stereocenters. The fourth-order valence-electron chi connectivity index (χ4n) is 2.68. The Morgan fingerprint density at radius 1 is 1.14 bits per heavy atom. The Hall–Kier alpha value is -2.85. The highest BCUT2D eigenvalue weighted by Gasteiger charge is 2.19. The molecule has 10 heteroatoms. The highest BCUT2D eigenvalue weighted by molar-refractivity contribution is 7.97. The summed E-state index contributed by atoms with van der Waals surface area (Å²) in [6.07, 6.45) is 3.44. The van der Waals surface area contributed by atoms with Gasteiger partial charge in [-0.3, -0.25) is 9.59 Å². The number of aromatic nitrogens is 2. The molecule has 3 heterocycles. The third-order valence-corrected chi connectivity index (χ3v) is 5.21. The minimum absolute atomic E-state index is 0.197. The Balaban J connectivity index is 1.49. The third kappa shape index (κ3) is 5.33. The molecule has 3 rings (SSSR count). The lowest BCUT2D eigenvalue weighted by molar-refractivity contribution is -0.135. The van der Waals surface area contributed by atoms with Crippen LogP contribution in [0.5, 0.6) is 5.88 Å². The molecule has 0 spiro atoms. The molecule has 1 saturated heterocycles. The van der Waals surface area contributed by atoms with Crippen LogP contribution in [0.4, 0.5) is 5.69 Å². The number of amides is 1. The molecule has 0 bridgehead atoms. The van der Waals surface area contributed by atoms with Gasteiger partial charge in [0.2, 0.25) is 5.88 Å². The highest BCUT2D eigenvalue weighted by Crippen LogP contribution is 2.25. The van der Waals surface area contributed by atoms with Gasteiger partial charge in [-0.1, -0.05) is 0 Å². The van der Waals surface area contributed by atoms with Gasteiger partial charge in [0, 0.05) is 43.3 Å². The van der Waals surface area contributed by atoms with Crippen molar-refractivity contribution in [2.45, 2.75) is 4.90 Å². The lowest BCUT2D eigenvalue weighted by Crippen LogP contribution is -2.43. The van der Waals surface area contributed by atoms with Gasteiger partial charge in [0.05, 0.1) is 19.0 Å². The molecule has 1 aliphatic heterocycles. The summed E-state index contributed by atoms with van der Waals surface area (Å²) in [4.78, 5) is 33.9. The summed E-state index contributed by atoms with van der Waals surface area (Å²) in [6.45, 7) is 3.08. The number of hydrogen-bond acceptors (Lipinski definition) is 8. The standard InChI is InChI=1S/C18H21N5O4S/c1-27-16-5-2-13(10-20-16)22-6-8-23(9-7-22)28-14-3-4-15(19-11-14)18(26)21-12-17(24)25/h2-5,10-11H,6-9,12H2,1H3,(H,21,26)(H,24,25). The van der Waals surface area contributed by atoms with Crippen LogP contribution in [0.3, 0.4) is 0 Å². The lowest BCUT2D eigenvalue weighted by atomic mass is 10.3. The van der Waals surface area contributed by atoms with Crippen molar-refractivity contribution in [3.05, 3.63) is 42.4 Å². The van der Waals surface area contributed by atoms with Crippen molar-refractivity contribution < 1.29 is 19.4 Å². The molecule has 1 fully saturated rings. The summed E-state index contributed by atoms with van der Waals surface area (Å²) in [5.74, 6) is -0.990. The molecule has 0 saturated carbocycles. The molecule has 28 heavy (non-hydrogen) atoms. The first-order valence-electron chi connectivity index (χ1n) is 8.69. The maximum absolute atomic E-state index is 11.8. The van der Waals surface area contributed by atoms with Crippen molar-refractivity contribution in [2.75, 3.05) is 44.7 Å². The van der Waals surface area contributed by atoms with Crippen LogP contribution in [0.15, 0.2) is 41.6 Å². The number of pyridine rings is 2. The molecule has 1 aliphatic rings. The van der Waals surface area contributed by atoms with Crippen LogP contribution in [0, 0.1) is 0 Å². The third-order valence-electron chi connectivity index (χ3n) is 4.14. The van der Waals surface area contributed by atoms with Crippen molar-refractivity contribution in [1.82, 2.24) is 19.6 Å². The molecule has 0 aromatic carbocycles. The molecule has 2 aromatic rings. The first kappa shape index (κ1) is 19.9. The Morgan fingerprint density at radius 2 is 1.93 bits per heavy atom. The van der Waals surface area contributed by atoms with Crippen LogP contribution in [-0.2, 0) is 4.79 Å². The maximum atomic E-state index is 11.8. The van der Waals surface area contributed by atoms with E-state index >= 15 is 0 Å². The van der Waals surface area contributed by atoms with E-state index in [1.54, 1.807) is 31.3 Å². The van der Waals surface area contributed by atoms with Gasteiger partial charge < -0.3 is 20.1 Å². The van der Waals surface area contributed by atoms with E-state index in [4.69, 9.17) is 9.84 Å². The van der Waals surface area contributed by atoms with Gasteiger partial charge >= 0.3 is 5.97 Å². The quantitative estimate of drug-likeness (QED) is 0.658. The number of carbonyl (C=O) groups is 2. The highest BCUT2D eigenvalue weighted by atomic mass is 32.2. The van der Waals surface area contributed by atoms with E-state index < -0.39 is 18.4 Å². The number of methoxy groups -OCH3 is 1. The molecule has 0 aliphatic carbocycles. The molecule has 1 amide bonds. The number of piperazine rings is 1. The zero-order valence-electron chi connectivity index (χ0n) is 15.4. The van der Waals surface area contributed by atoms with Gasteiger partial charge in [0.1, 0.15) is 12.2 Å². The minimum Gasteiger partial charge on any atom is -0.481 e. The fourth-order valence-corrected chi connectivity index (χ4v) is 3.55. The van der Waals surface area contributed by atoms with E-state index in [1.165, 1.54) is 0 Å². The minimum atomic E-state index is -1.09. The SMILES string of the molecule is COc1ccc(N2CCN(Sc3ccc(C(=O)NCC(=O)O)nc3)CC2)cn1. The van der Waals surface area contributed by atoms with Gasteiger partial charge in [-0.15, -0.1) is 0 Å². The van der Waals surface area contributed by atoms with E-state index in [0.717, 1.165) is 36.8 Å². The normalized spacial score (nSPS) is 14.5.